The number of benzene rings is 1. The Hall–Kier alpha value is -1.85. The first-order valence-electron chi connectivity index (χ1n) is 6.95. The molecule has 0 saturated carbocycles. The Morgan fingerprint density at radius 1 is 1.19 bits per heavy atom. The number of ether oxygens (including phenoxy) is 2. The van der Waals surface area contributed by atoms with Gasteiger partial charge >= 0.3 is 5.97 Å². The molecule has 0 aliphatic heterocycles. The van der Waals surface area contributed by atoms with Crippen LogP contribution in [-0.2, 0) is 16.0 Å². The molecular weight excluding hydrogens is 270 g/mol. The van der Waals surface area contributed by atoms with Crippen LogP contribution in [0.1, 0.15) is 21.6 Å². The first kappa shape index (κ1) is 15.5. The van der Waals surface area contributed by atoms with Crippen LogP contribution in [0, 0.1) is 13.8 Å². The summed E-state index contributed by atoms with van der Waals surface area (Å²) in [5.41, 5.74) is 3.47. The summed E-state index contributed by atoms with van der Waals surface area (Å²) in [6, 6.07) is 5.81. The van der Waals surface area contributed by atoms with Gasteiger partial charge in [0, 0.05) is 19.0 Å². The van der Waals surface area contributed by atoms with Gasteiger partial charge in [-0.2, -0.15) is 0 Å². The molecule has 5 nitrogen and oxygen atoms in total. The van der Waals surface area contributed by atoms with Crippen LogP contribution in [0.4, 0.5) is 0 Å². The Morgan fingerprint density at radius 3 is 2.62 bits per heavy atom. The largest absolute Gasteiger partial charge is 0.477 e. The van der Waals surface area contributed by atoms with E-state index in [1.54, 1.807) is 13.2 Å². The van der Waals surface area contributed by atoms with E-state index in [1.165, 1.54) is 0 Å². The van der Waals surface area contributed by atoms with E-state index in [2.05, 4.69) is 6.07 Å². The van der Waals surface area contributed by atoms with Crippen LogP contribution in [0.25, 0.3) is 10.9 Å². The molecule has 1 aromatic carbocycles. The van der Waals surface area contributed by atoms with Crippen molar-refractivity contribution >= 4 is 16.9 Å². The van der Waals surface area contributed by atoms with Gasteiger partial charge in [0.25, 0.3) is 0 Å². The zero-order valence-electron chi connectivity index (χ0n) is 12.7. The maximum absolute atomic E-state index is 11.4. The van der Waals surface area contributed by atoms with Gasteiger partial charge in [-0.05, 0) is 31.5 Å². The number of hydrogen-bond donors (Lipinski definition) is 1. The predicted molar refractivity (Wildman–Crippen MR) is 81.1 cm³/mol. The Morgan fingerprint density at radius 2 is 1.95 bits per heavy atom. The third-order valence-electron chi connectivity index (χ3n) is 3.44. The number of nitrogens with zero attached hydrogens (tertiary/aromatic N) is 1. The third kappa shape index (κ3) is 3.43. The Bertz CT molecular complexity index is 645. The number of carbonyl (C=O) groups is 1. The molecule has 0 amide bonds. The predicted octanol–water partition coefficient (Wildman–Crippen LogP) is 2.62. The lowest BCUT2D eigenvalue weighted by Gasteiger charge is -2.11. The molecule has 0 spiro atoms. The molecule has 2 rings (SSSR count). The smallest absolute Gasteiger partial charge is 0.352 e. The molecule has 0 saturated heterocycles. The van der Waals surface area contributed by atoms with E-state index in [9.17, 15) is 9.90 Å². The van der Waals surface area contributed by atoms with Crippen molar-refractivity contribution < 1.29 is 19.4 Å². The molecule has 0 bridgehead atoms. The van der Waals surface area contributed by atoms with Crippen molar-refractivity contribution in [1.82, 2.24) is 4.57 Å². The second-order valence-corrected chi connectivity index (χ2v) is 5.11. The standard InChI is InChI=1S/C16H21NO4/c1-11-8-12(2)15-13(9-11)10-14(16(18)19)17(15)4-5-21-7-6-20-3/h8-10H,4-7H2,1-3H3,(H,18,19). The average molecular weight is 291 g/mol. The van der Waals surface area contributed by atoms with E-state index in [4.69, 9.17) is 9.47 Å². The molecule has 114 valence electrons. The van der Waals surface area contributed by atoms with Crippen LogP contribution in [-0.4, -0.2) is 42.6 Å². The zero-order valence-corrected chi connectivity index (χ0v) is 12.7. The van der Waals surface area contributed by atoms with E-state index in [0.717, 1.165) is 22.0 Å². The van der Waals surface area contributed by atoms with Crippen molar-refractivity contribution in [2.75, 3.05) is 26.9 Å². The zero-order chi connectivity index (χ0) is 15.4. The SMILES string of the molecule is COCCOCCn1c(C(=O)O)cc2cc(C)cc(C)c21. The van der Waals surface area contributed by atoms with Crippen LogP contribution in [0.5, 0.6) is 0 Å². The number of aromatic carboxylic acids is 1. The fraction of sp³-hybridized carbons (Fsp3) is 0.438. The topological polar surface area (TPSA) is 60.7 Å². The second kappa shape index (κ2) is 6.74. The number of aromatic nitrogens is 1. The highest BCUT2D eigenvalue weighted by Crippen LogP contribution is 2.25. The molecule has 0 aliphatic rings. The normalized spacial score (nSPS) is 11.2. The molecule has 21 heavy (non-hydrogen) atoms. The first-order chi connectivity index (χ1) is 10.0. The summed E-state index contributed by atoms with van der Waals surface area (Å²) in [6.45, 7) is 6.04. The van der Waals surface area contributed by atoms with Crippen LogP contribution in [0.2, 0.25) is 0 Å². The number of aryl methyl sites for hydroxylation is 2. The molecule has 2 aromatic rings. The monoisotopic (exact) mass is 291 g/mol. The Kier molecular flexibility index (Phi) is 4.98. The fourth-order valence-electron chi connectivity index (χ4n) is 2.63. The lowest BCUT2D eigenvalue weighted by atomic mass is 10.1. The molecule has 0 atom stereocenters. The van der Waals surface area contributed by atoms with Crippen molar-refractivity contribution in [2.24, 2.45) is 0 Å². The van der Waals surface area contributed by atoms with Crippen molar-refractivity contribution in [3.8, 4) is 0 Å². The lowest BCUT2D eigenvalue weighted by Crippen LogP contribution is -2.14. The first-order valence-corrected chi connectivity index (χ1v) is 6.95. The number of carboxylic acid groups (broad SMARTS) is 1. The Balaban J connectivity index is 2.30. The summed E-state index contributed by atoms with van der Waals surface area (Å²) in [5, 5.41) is 10.3. The third-order valence-corrected chi connectivity index (χ3v) is 3.44. The van der Waals surface area contributed by atoms with Crippen molar-refractivity contribution in [3.05, 3.63) is 35.0 Å². The van der Waals surface area contributed by atoms with Crippen LogP contribution >= 0.6 is 0 Å². The highest BCUT2D eigenvalue weighted by Gasteiger charge is 2.16. The van der Waals surface area contributed by atoms with Gasteiger partial charge in [-0.1, -0.05) is 11.6 Å². The molecule has 1 N–H and O–H groups in total. The fourth-order valence-corrected chi connectivity index (χ4v) is 2.63. The molecule has 0 aliphatic carbocycles. The number of hydrogen-bond acceptors (Lipinski definition) is 3. The number of carboxylic acids is 1. The summed E-state index contributed by atoms with van der Waals surface area (Å²) in [6.07, 6.45) is 0. The number of rotatable bonds is 7. The minimum Gasteiger partial charge on any atom is -0.477 e. The molecule has 1 aromatic heterocycles. The maximum Gasteiger partial charge on any atom is 0.352 e. The lowest BCUT2D eigenvalue weighted by molar-refractivity contribution is 0.0632. The van der Waals surface area contributed by atoms with Gasteiger partial charge in [0.15, 0.2) is 0 Å². The van der Waals surface area contributed by atoms with Crippen LogP contribution < -0.4 is 0 Å². The van der Waals surface area contributed by atoms with Crippen molar-refractivity contribution in [2.45, 2.75) is 20.4 Å². The highest BCUT2D eigenvalue weighted by atomic mass is 16.5. The van der Waals surface area contributed by atoms with E-state index < -0.39 is 5.97 Å². The van der Waals surface area contributed by atoms with E-state index in [0.29, 0.717) is 32.1 Å². The molecule has 0 fully saturated rings. The molecule has 0 unspecified atom stereocenters. The van der Waals surface area contributed by atoms with Gasteiger partial charge in [0.05, 0.1) is 25.3 Å². The summed E-state index contributed by atoms with van der Waals surface area (Å²) in [4.78, 5) is 11.4. The van der Waals surface area contributed by atoms with Crippen LogP contribution in [0.15, 0.2) is 18.2 Å². The Labute approximate surface area is 124 Å². The maximum atomic E-state index is 11.4. The minimum absolute atomic E-state index is 0.300. The molecule has 5 heteroatoms. The van der Waals surface area contributed by atoms with Gasteiger partial charge in [-0.15, -0.1) is 0 Å². The molecule has 1 heterocycles. The van der Waals surface area contributed by atoms with Gasteiger partial charge in [0.1, 0.15) is 5.69 Å². The summed E-state index contributed by atoms with van der Waals surface area (Å²) in [7, 11) is 1.62. The summed E-state index contributed by atoms with van der Waals surface area (Å²) in [5.74, 6) is -0.917. The van der Waals surface area contributed by atoms with Gasteiger partial charge in [0.2, 0.25) is 0 Å². The van der Waals surface area contributed by atoms with Crippen LogP contribution in [0.3, 0.4) is 0 Å². The van der Waals surface area contributed by atoms with Crippen molar-refractivity contribution in [1.29, 1.82) is 0 Å². The summed E-state index contributed by atoms with van der Waals surface area (Å²) >= 11 is 0. The van der Waals surface area contributed by atoms with E-state index in [1.807, 2.05) is 24.5 Å². The second-order valence-electron chi connectivity index (χ2n) is 5.11. The van der Waals surface area contributed by atoms with Crippen molar-refractivity contribution in [3.63, 3.8) is 0 Å². The minimum atomic E-state index is -0.917. The molecular formula is C16H21NO4. The molecule has 0 radical (unpaired) electrons. The van der Waals surface area contributed by atoms with E-state index >= 15 is 0 Å². The quantitative estimate of drug-likeness (QED) is 0.797. The van der Waals surface area contributed by atoms with Gasteiger partial charge in [-0.3, -0.25) is 0 Å². The van der Waals surface area contributed by atoms with Gasteiger partial charge < -0.3 is 19.1 Å². The van der Waals surface area contributed by atoms with Gasteiger partial charge in [-0.25, -0.2) is 4.79 Å². The summed E-state index contributed by atoms with van der Waals surface area (Å²) < 4.78 is 12.2. The highest BCUT2D eigenvalue weighted by molar-refractivity contribution is 5.96. The van der Waals surface area contributed by atoms with E-state index in [-0.39, 0.29) is 0 Å². The average Bonchev–Trinajstić information content (AvgIpc) is 2.77. The number of methoxy groups -OCH3 is 1. The number of fused-ring (bicyclic) bond motifs is 1.